The van der Waals surface area contributed by atoms with Crippen molar-refractivity contribution >= 4 is 21.5 Å². The summed E-state index contributed by atoms with van der Waals surface area (Å²) in [7, 11) is -3.81. The smallest absolute Gasteiger partial charge is 0.264 e. The molecule has 7 nitrogen and oxygen atoms in total. The number of fused-ring (bicyclic) bond motifs is 1. The van der Waals surface area contributed by atoms with E-state index in [-0.39, 0.29) is 17.3 Å². The van der Waals surface area contributed by atoms with Gasteiger partial charge in [0, 0.05) is 0 Å². The second-order valence-electron chi connectivity index (χ2n) is 5.45. The van der Waals surface area contributed by atoms with Crippen LogP contribution in [0.2, 0.25) is 0 Å². The lowest BCUT2D eigenvalue weighted by atomic mass is 10.2. The van der Waals surface area contributed by atoms with E-state index in [0.29, 0.717) is 11.4 Å². The zero-order chi connectivity index (χ0) is 17.3. The summed E-state index contributed by atoms with van der Waals surface area (Å²) in [5.74, 6) is 0.171. The number of sulfonamides is 1. The summed E-state index contributed by atoms with van der Waals surface area (Å²) in [6.07, 6.45) is -0.870. The predicted octanol–water partition coefficient (Wildman–Crippen LogP) is 1.70. The van der Waals surface area contributed by atoms with Gasteiger partial charge in [-0.3, -0.25) is 4.31 Å². The van der Waals surface area contributed by atoms with Crippen molar-refractivity contribution in [3.8, 4) is 5.75 Å². The van der Waals surface area contributed by atoms with E-state index in [1.807, 2.05) is 6.92 Å². The van der Waals surface area contributed by atoms with Crippen LogP contribution in [0.4, 0.5) is 5.69 Å². The fourth-order valence-electron chi connectivity index (χ4n) is 2.49. The van der Waals surface area contributed by atoms with Crippen LogP contribution in [0.5, 0.6) is 5.75 Å². The highest BCUT2D eigenvalue weighted by molar-refractivity contribution is 7.92. The van der Waals surface area contributed by atoms with Crippen LogP contribution in [0.1, 0.15) is 5.56 Å². The Morgan fingerprint density at radius 1 is 1.25 bits per heavy atom. The van der Waals surface area contributed by atoms with Gasteiger partial charge in [-0.1, -0.05) is 35.0 Å². The SMILES string of the molecule is Cc1ccc(S(=O)(=O)N2C[C@H](C(N)=NO)Oc3ccccc32)cc1. The average Bonchev–Trinajstić information content (AvgIpc) is 2.60. The Hall–Kier alpha value is -2.74. The van der Waals surface area contributed by atoms with Crippen LogP contribution in [0.15, 0.2) is 58.6 Å². The first-order chi connectivity index (χ1) is 11.4. The van der Waals surface area contributed by atoms with E-state index in [9.17, 15) is 8.42 Å². The van der Waals surface area contributed by atoms with Gasteiger partial charge in [-0.2, -0.15) is 0 Å². The maximum atomic E-state index is 13.0. The van der Waals surface area contributed by atoms with Crippen molar-refractivity contribution in [1.82, 2.24) is 0 Å². The van der Waals surface area contributed by atoms with Gasteiger partial charge >= 0.3 is 0 Å². The molecule has 0 unspecified atom stereocenters. The molecule has 1 atom stereocenters. The molecule has 0 aromatic heterocycles. The molecular formula is C16H17N3O4S. The number of aryl methyl sites for hydroxylation is 1. The van der Waals surface area contributed by atoms with Crippen molar-refractivity contribution in [3.63, 3.8) is 0 Å². The molecule has 2 aromatic rings. The quantitative estimate of drug-likeness (QED) is 0.380. The summed E-state index contributed by atoms with van der Waals surface area (Å²) in [5.41, 5.74) is 7.00. The molecule has 0 radical (unpaired) electrons. The third-order valence-electron chi connectivity index (χ3n) is 3.79. The normalized spacial score (nSPS) is 18.0. The molecule has 8 heteroatoms. The first-order valence-corrected chi connectivity index (χ1v) is 8.70. The number of hydrogen-bond donors (Lipinski definition) is 2. The summed E-state index contributed by atoms with van der Waals surface area (Å²) in [5, 5.41) is 11.8. The largest absolute Gasteiger partial charge is 0.478 e. The minimum Gasteiger partial charge on any atom is -0.478 e. The fraction of sp³-hybridized carbons (Fsp3) is 0.188. The Kier molecular flexibility index (Phi) is 4.06. The zero-order valence-electron chi connectivity index (χ0n) is 13.0. The van der Waals surface area contributed by atoms with Crippen molar-refractivity contribution in [2.75, 3.05) is 10.8 Å². The number of para-hydroxylation sites is 2. The Morgan fingerprint density at radius 2 is 1.92 bits per heavy atom. The van der Waals surface area contributed by atoms with Gasteiger partial charge in [0.05, 0.1) is 17.1 Å². The van der Waals surface area contributed by atoms with E-state index in [2.05, 4.69) is 5.16 Å². The van der Waals surface area contributed by atoms with Gasteiger partial charge < -0.3 is 15.7 Å². The van der Waals surface area contributed by atoms with Gasteiger partial charge in [-0.25, -0.2) is 8.42 Å². The lowest BCUT2D eigenvalue weighted by Gasteiger charge is -2.34. The third-order valence-corrected chi connectivity index (χ3v) is 5.58. The molecule has 3 N–H and O–H groups in total. The molecule has 0 saturated heterocycles. The number of oxime groups is 1. The van der Waals surface area contributed by atoms with Crippen LogP contribution in [0.25, 0.3) is 0 Å². The summed E-state index contributed by atoms with van der Waals surface area (Å²) >= 11 is 0. The first kappa shape index (κ1) is 16.1. The molecule has 126 valence electrons. The van der Waals surface area contributed by atoms with E-state index in [1.165, 1.54) is 4.31 Å². The molecule has 0 bridgehead atoms. The van der Waals surface area contributed by atoms with Crippen LogP contribution in [-0.4, -0.2) is 32.1 Å². The molecule has 2 aromatic carbocycles. The number of nitrogens with two attached hydrogens (primary N) is 1. The summed E-state index contributed by atoms with van der Waals surface area (Å²) in [6.45, 7) is 1.80. The Labute approximate surface area is 140 Å². The van der Waals surface area contributed by atoms with Crippen LogP contribution in [-0.2, 0) is 10.0 Å². The van der Waals surface area contributed by atoms with Gasteiger partial charge in [0.1, 0.15) is 5.75 Å². The molecule has 0 amide bonds. The Bertz CT molecular complexity index is 878. The Morgan fingerprint density at radius 3 is 2.58 bits per heavy atom. The lowest BCUT2D eigenvalue weighted by molar-refractivity contribution is 0.247. The number of anilines is 1. The molecule has 0 saturated carbocycles. The zero-order valence-corrected chi connectivity index (χ0v) is 13.8. The average molecular weight is 347 g/mol. The summed E-state index contributed by atoms with van der Waals surface area (Å²) in [4.78, 5) is 0.170. The monoisotopic (exact) mass is 347 g/mol. The van der Waals surface area contributed by atoms with E-state index >= 15 is 0 Å². The molecule has 0 aliphatic carbocycles. The van der Waals surface area contributed by atoms with Crippen molar-refractivity contribution in [3.05, 3.63) is 54.1 Å². The van der Waals surface area contributed by atoms with Crippen molar-refractivity contribution in [2.24, 2.45) is 10.9 Å². The minimum absolute atomic E-state index is 0.0802. The van der Waals surface area contributed by atoms with Crippen molar-refractivity contribution < 1.29 is 18.4 Å². The molecule has 1 heterocycles. The molecule has 3 rings (SSSR count). The van der Waals surface area contributed by atoms with Crippen molar-refractivity contribution in [1.29, 1.82) is 0 Å². The maximum absolute atomic E-state index is 13.0. The second kappa shape index (κ2) is 6.04. The molecule has 1 aliphatic rings. The topological polar surface area (TPSA) is 105 Å². The third kappa shape index (κ3) is 2.76. The van der Waals surface area contributed by atoms with Crippen LogP contribution in [0.3, 0.4) is 0 Å². The van der Waals surface area contributed by atoms with Gasteiger partial charge in [0.2, 0.25) is 0 Å². The van der Waals surface area contributed by atoms with E-state index in [0.717, 1.165) is 5.56 Å². The van der Waals surface area contributed by atoms with Crippen LogP contribution in [0, 0.1) is 6.92 Å². The van der Waals surface area contributed by atoms with Crippen LogP contribution < -0.4 is 14.8 Å². The van der Waals surface area contributed by atoms with Gasteiger partial charge in [-0.05, 0) is 31.2 Å². The van der Waals surface area contributed by atoms with Crippen molar-refractivity contribution in [2.45, 2.75) is 17.9 Å². The summed E-state index contributed by atoms with van der Waals surface area (Å²) < 4.78 is 33.0. The standard InChI is InChI=1S/C16H17N3O4S/c1-11-6-8-12(9-7-11)24(21,22)19-10-15(16(17)18-20)23-14-5-3-2-4-13(14)19/h2-9,15,20H,10H2,1H3,(H2,17,18)/t15-/m1/s1. The number of nitrogens with zero attached hydrogens (tertiary/aromatic N) is 2. The van der Waals surface area contributed by atoms with Gasteiger partial charge in [0.25, 0.3) is 10.0 Å². The Balaban J connectivity index is 2.09. The highest BCUT2D eigenvalue weighted by Gasteiger charge is 2.36. The number of amidine groups is 1. The highest BCUT2D eigenvalue weighted by atomic mass is 32.2. The second-order valence-corrected chi connectivity index (χ2v) is 7.31. The predicted molar refractivity (Wildman–Crippen MR) is 90.0 cm³/mol. The highest BCUT2D eigenvalue weighted by Crippen LogP contribution is 2.36. The van der Waals surface area contributed by atoms with Crippen LogP contribution >= 0.6 is 0 Å². The maximum Gasteiger partial charge on any atom is 0.264 e. The molecular weight excluding hydrogens is 330 g/mol. The van der Waals surface area contributed by atoms with E-state index in [1.54, 1.807) is 48.5 Å². The van der Waals surface area contributed by atoms with E-state index in [4.69, 9.17) is 15.7 Å². The lowest BCUT2D eigenvalue weighted by Crippen LogP contribution is -2.49. The first-order valence-electron chi connectivity index (χ1n) is 7.26. The molecule has 1 aliphatic heterocycles. The molecule has 0 spiro atoms. The number of rotatable bonds is 3. The fourth-order valence-corrected chi connectivity index (χ4v) is 3.96. The van der Waals surface area contributed by atoms with Gasteiger partial charge in [0.15, 0.2) is 11.9 Å². The number of benzene rings is 2. The van der Waals surface area contributed by atoms with E-state index < -0.39 is 16.1 Å². The minimum atomic E-state index is -3.81. The molecule has 0 fully saturated rings. The summed E-state index contributed by atoms with van der Waals surface area (Å²) in [6, 6.07) is 13.3. The van der Waals surface area contributed by atoms with Gasteiger partial charge in [-0.15, -0.1) is 0 Å². The molecule has 24 heavy (non-hydrogen) atoms. The number of ether oxygens (including phenoxy) is 1. The number of hydrogen-bond acceptors (Lipinski definition) is 5.